The summed E-state index contributed by atoms with van der Waals surface area (Å²) in [7, 11) is 0. The van der Waals surface area contributed by atoms with Crippen LogP contribution in [0.1, 0.15) is 37.8 Å². The van der Waals surface area contributed by atoms with Crippen molar-refractivity contribution >= 4 is 11.8 Å². The summed E-state index contributed by atoms with van der Waals surface area (Å²) in [6, 6.07) is 0.501. The van der Waals surface area contributed by atoms with E-state index in [1.54, 1.807) is 0 Å². The third-order valence-electron chi connectivity index (χ3n) is 3.35. The average Bonchev–Trinajstić information content (AvgIpc) is 2.53. The normalized spacial score (nSPS) is 24.2. The molecule has 0 saturated heterocycles. The van der Waals surface area contributed by atoms with Gasteiger partial charge >= 0.3 is 6.18 Å². The molecule has 0 aliphatic heterocycles. The highest BCUT2D eigenvalue weighted by atomic mass is 19.4. The second kappa shape index (κ2) is 5.82. The molecule has 112 valence electrons. The Morgan fingerprint density at radius 3 is 2.60 bits per heavy atom. The minimum Gasteiger partial charge on any atom is -0.391 e. The Bertz CT molecular complexity index is 467. The fourth-order valence-electron chi connectivity index (χ4n) is 2.33. The zero-order valence-corrected chi connectivity index (χ0v) is 10.8. The van der Waals surface area contributed by atoms with Gasteiger partial charge in [-0.2, -0.15) is 18.2 Å². The monoisotopic (exact) mass is 290 g/mol. The summed E-state index contributed by atoms with van der Waals surface area (Å²) in [5, 5.41) is 12.8. The Kier molecular flexibility index (Phi) is 4.32. The standard InChI is InChI=1S/C12H17F3N4O/c13-12(14,15)9-6-10(19-11(16)18-9)17-7-4-2-1-3-5-8(7)20/h6-8,20H,1-5H2,(H3,16,17,18,19). The zero-order chi connectivity index (χ0) is 14.8. The quantitative estimate of drug-likeness (QED) is 0.727. The van der Waals surface area contributed by atoms with Gasteiger partial charge in [0.05, 0.1) is 12.1 Å². The molecule has 2 atom stereocenters. The number of halogens is 3. The van der Waals surface area contributed by atoms with E-state index in [0.717, 1.165) is 25.3 Å². The molecular weight excluding hydrogens is 273 g/mol. The minimum atomic E-state index is -4.57. The second-order valence-electron chi connectivity index (χ2n) is 4.95. The second-order valence-corrected chi connectivity index (χ2v) is 4.95. The molecule has 1 aliphatic carbocycles. The Hall–Kier alpha value is -1.57. The van der Waals surface area contributed by atoms with Crippen molar-refractivity contribution in [3.05, 3.63) is 11.8 Å². The highest BCUT2D eigenvalue weighted by Crippen LogP contribution is 2.30. The van der Waals surface area contributed by atoms with Crippen LogP contribution in [0.2, 0.25) is 0 Å². The summed E-state index contributed by atoms with van der Waals surface area (Å²) in [6.07, 6.45) is -1.01. The van der Waals surface area contributed by atoms with Crippen molar-refractivity contribution < 1.29 is 18.3 Å². The first-order valence-corrected chi connectivity index (χ1v) is 6.52. The number of nitrogens with one attached hydrogen (secondary N) is 1. The first-order valence-electron chi connectivity index (χ1n) is 6.52. The predicted octanol–water partition coefficient (Wildman–Crippen LogP) is 2.18. The number of hydrogen-bond acceptors (Lipinski definition) is 5. The maximum atomic E-state index is 12.6. The van der Waals surface area contributed by atoms with Crippen LogP contribution < -0.4 is 11.1 Å². The number of nitrogen functional groups attached to an aromatic ring is 1. The first-order chi connectivity index (χ1) is 9.36. The van der Waals surface area contributed by atoms with E-state index in [0.29, 0.717) is 12.8 Å². The van der Waals surface area contributed by atoms with E-state index >= 15 is 0 Å². The van der Waals surface area contributed by atoms with Gasteiger partial charge in [-0.15, -0.1) is 0 Å². The molecule has 8 heteroatoms. The van der Waals surface area contributed by atoms with E-state index in [2.05, 4.69) is 15.3 Å². The van der Waals surface area contributed by atoms with Gasteiger partial charge in [-0.1, -0.05) is 19.3 Å². The van der Waals surface area contributed by atoms with E-state index in [9.17, 15) is 18.3 Å². The molecule has 5 nitrogen and oxygen atoms in total. The van der Waals surface area contributed by atoms with E-state index in [1.807, 2.05) is 0 Å². The predicted molar refractivity (Wildman–Crippen MR) is 67.9 cm³/mol. The molecule has 1 aromatic rings. The Morgan fingerprint density at radius 2 is 1.90 bits per heavy atom. The third kappa shape index (κ3) is 3.72. The number of aliphatic hydroxyl groups is 1. The largest absolute Gasteiger partial charge is 0.433 e. The van der Waals surface area contributed by atoms with Crippen LogP contribution in [-0.4, -0.2) is 27.2 Å². The summed E-state index contributed by atoms with van der Waals surface area (Å²) in [4.78, 5) is 6.93. The van der Waals surface area contributed by atoms with Crippen LogP contribution in [0.25, 0.3) is 0 Å². The van der Waals surface area contributed by atoms with Crippen LogP contribution in [0, 0.1) is 0 Å². The summed E-state index contributed by atoms with van der Waals surface area (Å²) in [5.41, 5.74) is 4.21. The van der Waals surface area contributed by atoms with Gasteiger partial charge in [-0.25, -0.2) is 4.98 Å². The van der Waals surface area contributed by atoms with Crippen LogP contribution in [0.4, 0.5) is 24.9 Å². The summed E-state index contributed by atoms with van der Waals surface area (Å²) < 4.78 is 37.9. The molecule has 1 heterocycles. The molecule has 1 fully saturated rings. The highest BCUT2D eigenvalue weighted by Gasteiger charge is 2.34. The minimum absolute atomic E-state index is 0.00391. The maximum Gasteiger partial charge on any atom is 0.433 e. The molecule has 1 aliphatic rings. The molecular formula is C12H17F3N4O. The van der Waals surface area contributed by atoms with Crippen molar-refractivity contribution in [1.29, 1.82) is 0 Å². The number of aromatic nitrogens is 2. The first kappa shape index (κ1) is 14.8. The van der Waals surface area contributed by atoms with Crippen molar-refractivity contribution in [3.63, 3.8) is 0 Å². The molecule has 1 aromatic heterocycles. The van der Waals surface area contributed by atoms with Crippen molar-refractivity contribution in [2.45, 2.75) is 50.4 Å². The van der Waals surface area contributed by atoms with Crippen molar-refractivity contribution in [3.8, 4) is 0 Å². The number of nitrogens with two attached hydrogens (primary N) is 1. The van der Waals surface area contributed by atoms with Gasteiger partial charge in [-0.3, -0.25) is 0 Å². The lowest BCUT2D eigenvalue weighted by molar-refractivity contribution is -0.141. The van der Waals surface area contributed by atoms with Crippen LogP contribution in [0.3, 0.4) is 0 Å². The van der Waals surface area contributed by atoms with Crippen molar-refractivity contribution in [1.82, 2.24) is 9.97 Å². The molecule has 0 bridgehead atoms. The maximum absolute atomic E-state index is 12.6. The number of rotatable bonds is 2. The van der Waals surface area contributed by atoms with Crippen LogP contribution >= 0.6 is 0 Å². The number of alkyl halides is 3. The van der Waals surface area contributed by atoms with E-state index in [4.69, 9.17) is 5.73 Å². The summed E-state index contributed by atoms with van der Waals surface area (Å²) >= 11 is 0. The summed E-state index contributed by atoms with van der Waals surface area (Å²) in [6.45, 7) is 0. The van der Waals surface area contributed by atoms with Gasteiger partial charge in [-0.05, 0) is 12.8 Å². The van der Waals surface area contributed by atoms with Gasteiger partial charge in [0.15, 0.2) is 5.69 Å². The molecule has 2 unspecified atom stereocenters. The number of anilines is 2. The smallest absolute Gasteiger partial charge is 0.391 e. The van der Waals surface area contributed by atoms with Crippen molar-refractivity contribution in [2.24, 2.45) is 0 Å². The van der Waals surface area contributed by atoms with Crippen molar-refractivity contribution in [2.75, 3.05) is 11.1 Å². The lowest BCUT2D eigenvalue weighted by atomic mass is 10.1. The van der Waals surface area contributed by atoms with Crippen LogP contribution in [0.15, 0.2) is 6.07 Å². The highest BCUT2D eigenvalue weighted by molar-refractivity contribution is 5.42. The Labute approximate surface area is 114 Å². The van der Waals surface area contributed by atoms with Gasteiger partial charge < -0.3 is 16.2 Å². The van der Waals surface area contributed by atoms with E-state index in [1.165, 1.54) is 0 Å². The van der Waals surface area contributed by atoms with Crippen LogP contribution in [-0.2, 0) is 6.18 Å². The molecule has 1 saturated carbocycles. The van der Waals surface area contributed by atoms with Gasteiger partial charge in [0, 0.05) is 6.07 Å². The average molecular weight is 290 g/mol. The topological polar surface area (TPSA) is 84.1 Å². The molecule has 4 N–H and O–H groups in total. The summed E-state index contributed by atoms with van der Waals surface area (Å²) in [5.74, 6) is -0.443. The lowest BCUT2D eigenvalue weighted by Gasteiger charge is -2.22. The van der Waals surface area contributed by atoms with Gasteiger partial charge in [0.25, 0.3) is 0 Å². The molecule has 20 heavy (non-hydrogen) atoms. The zero-order valence-electron chi connectivity index (χ0n) is 10.8. The number of hydrogen-bond donors (Lipinski definition) is 3. The molecule has 0 spiro atoms. The van der Waals surface area contributed by atoms with Gasteiger partial charge in [0.2, 0.25) is 5.95 Å². The Balaban J connectivity index is 2.18. The fraction of sp³-hybridized carbons (Fsp3) is 0.667. The molecule has 0 amide bonds. The van der Waals surface area contributed by atoms with Crippen LogP contribution in [0.5, 0.6) is 0 Å². The SMILES string of the molecule is Nc1nc(NC2CCCCCC2O)cc(C(F)(F)F)n1. The Morgan fingerprint density at radius 1 is 1.20 bits per heavy atom. The van der Waals surface area contributed by atoms with Gasteiger partial charge in [0.1, 0.15) is 5.82 Å². The fourth-order valence-corrected chi connectivity index (χ4v) is 2.33. The van der Waals surface area contributed by atoms with E-state index in [-0.39, 0.29) is 11.9 Å². The lowest BCUT2D eigenvalue weighted by Crippen LogP contribution is -2.33. The number of nitrogens with zero attached hydrogens (tertiary/aromatic N) is 2. The van der Waals surface area contributed by atoms with E-state index < -0.39 is 23.9 Å². The molecule has 2 rings (SSSR count). The number of aliphatic hydroxyl groups excluding tert-OH is 1. The third-order valence-corrected chi connectivity index (χ3v) is 3.35. The molecule has 0 radical (unpaired) electrons. The molecule has 0 aromatic carbocycles.